The average Bonchev–Trinajstić information content (AvgIpc) is 1.37. The Morgan fingerprint density at radius 2 is 2.25 bits per heavy atom. The van der Waals surface area contributed by atoms with Crippen molar-refractivity contribution in [2.24, 2.45) is 0 Å². The third kappa shape index (κ3) is 1.70. The summed E-state index contributed by atoms with van der Waals surface area (Å²) in [5, 5.41) is 0. The molecule has 0 aliphatic rings. The van der Waals surface area contributed by atoms with Crippen LogP contribution in [0.25, 0.3) is 4.85 Å². The second-order valence-corrected chi connectivity index (χ2v) is 0.412. The Bertz CT molecular complexity index is 61.0. The van der Waals surface area contributed by atoms with Crippen molar-refractivity contribution in [2.45, 2.75) is 0 Å². The fourth-order valence-electron chi connectivity index (χ4n) is 0. The van der Waals surface area contributed by atoms with Crippen LogP contribution in [0.2, 0.25) is 0 Å². The fourth-order valence-corrected chi connectivity index (χ4v) is 0. The van der Waals surface area contributed by atoms with Crippen LogP contribution in [0.4, 0.5) is 0 Å². The third-order valence-electron chi connectivity index (χ3n) is 0.0500. The van der Waals surface area contributed by atoms with Crippen molar-refractivity contribution in [2.75, 3.05) is 0 Å². The van der Waals surface area contributed by atoms with E-state index in [2.05, 4.69) is 13.5 Å². The van der Waals surface area contributed by atoms with Crippen LogP contribution in [0, 0.1) is 12.3 Å². The minimum atomic E-state index is 1.92. The van der Waals surface area contributed by atoms with Crippen molar-refractivity contribution in [1.82, 2.24) is 0 Å². The number of hydrogen-bond acceptors (Lipinski definition) is 0. The summed E-state index contributed by atoms with van der Waals surface area (Å²) >= 11 is 0. The SMILES string of the molecule is [C-]#[N+]C#P. The Morgan fingerprint density at radius 1 is 2.00 bits per heavy atom. The molecule has 0 aromatic carbocycles. The standard InChI is InChI=1S/C2NP/c1-3-2-4. The molecule has 0 aliphatic heterocycles. The van der Waals surface area contributed by atoms with Gasteiger partial charge in [-0.3, -0.25) is 0 Å². The molecule has 2 heteroatoms. The molecule has 0 spiro atoms. The maximum absolute atomic E-state index is 5.89. The minimum absolute atomic E-state index is 1.92. The van der Waals surface area contributed by atoms with Gasteiger partial charge in [-0.25, -0.2) is 0 Å². The molecule has 0 aliphatic carbocycles. The molecular weight excluding hydrogens is 69.0 g/mol. The zero-order chi connectivity index (χ0) is 3.41. The molecule has 0 bridgehead atoms. The van der Waals surface area contributed by atoms with E-state index in [0.29, 0.717) is 0 Å². The molecule has 1 nitrogen and oxygen atoms in total. The summed E-state index contributed by atoms with van der Waals surface area (Å²) in [6.07, 6.45) is 0. The molecule has 0 N–H and O–H groups in total. The van der Waals surface area contributed by atoms with Gasteiger partial charge in [0.15, 0.2) is 0 Å². The molecule has 0 fully saturated rings. The summed E-state index contributed by atoms with van der Waals surface area (Å²) in [5.41, 5.74) is 0. The fraction of sp³-hybridized carbons (Fsp3) is 0. The second-order valence-electron chi connectivity index (χ2n) is 0.212. The monoisotopic (exact) mass is 69.0 g/mol. The molecule has 0 saturated carbocycles. The summed E-state index contributed by atoms with van der Waals surface area (Å²) in [4.78, 5) is 2.60. The first-order chi connectivity index (χ1) is 1.91. The van der Waals surface area contributed by atoms with Gasteiger partial charge >= 0.3 is 25.9 Å². The molecule has 0 amide bonds. The van der Waals surface area contributed by atoms with Crippen LogP contribution in [0.5, 0.6) is 0 Å². The molecule has 0 radical (unpaired) electrons. The Labute approximate surface area is 27.0 Å². The van der Waals surface area contributed by atoms with Crippen LogP contribution in [0.1, 0.15) is 0 Å². The van der Waals surface area contributed by atoms with E-state index in [-0.39, 0.29) is 0 Å². The van der Waals surface area contributed by atoms with E-state index in [9.17, 15) is 0 Å². The Balaban J connectivity index is 3.14. The molecule has 0 atom stereocenters. The van der Waals surface area contributed by atoms with Crippen molar-refractivity contribution >= 4 is 8.70 Å². The normalized spacial score (nSPS) is 2.50. The topological polar surface area (TPSA) is 4.36 Å². The summed E-state index contributed by atoms with van der Waals surface area (Å²) in [5.74, 6) is 1.92. The van der Waals surface area contributed by atoms with Gasteiger partial charge in [-0.2, -0.15) is 0 Å². The van der Waals surface area contributed by atoms with Crippen LogP contribution in [0.15, 0.2) is 0 Å². The van der Waals surface area contributed by atoms with Gasteiger partial charge in [0.25, 0.3) is 0 Å². The molecule has 0 aromatic rings. The number of nitrogens with zero attached hydrogens (tertiary/aromatic N) is 1. The predicted octanol–water partition coefficient (Wildman–Crippen LogP) is 1.23. The van der Waals surface area contributed by atoms with Gasteiger partial charge in [-0.05, 0) is 0 Å². The quantitative estimate of drug-likeness (QED) is 0.297. The average molecular weight is 69.0 g/mol. The van der Waals surface area contributed by atoms with Gasteiger partial charge in [0, 0.05) is 0 Å². The third-order valence-corrected chi connectivity index (χ3v) is 0.150. The van der Waals surface area contributed by atoms with E-state index in [0.717, 1.165) is 0 Å². The molecule has 0 rings (SSSR count). The first kappa shape index (κ1) is 3.70. The number of rotatable bonds is 0. The van der Waals surface area contributed by atoms with Crippen molar-refractivity contribution in [3.05, 3.63) is 11.4 Å². The van der Waals surface area contributed by atoms with E-state index in [1.807, 2.05) is 5.75 Å². The van der Waals surface area contributed by atoms with Gasteiger partial charge in [-0.1, -0.05) is 0 Å². The molecule has 18 valence electrons. The van der Waals surface area contributed by atoms with E-state index in [1.54, 1.807) is 0 Å². The Hall–Kier alpha value is -0.300. The van der Waals surface area contributed by atoms with Crippen LogP contribution in [0.3, 0.4) is 0 Å². The van der Waals surface area contributed by atoms with Gasteiger partial charge in [0.2, 0.25) is 0 Å². The molecule has 0 unspecified atom stereocenters. The molecule has 0 heterocycles. The first-order valence-corrected chi connectivity index (χ1v) is 1.12. The van der Waals surface area contributed by atoms with E-state index in [4.69, 9.17) is 6.57 Å². The van der Waals surface area contributed by atoms with Crippen LogP contribution < -0.4 is 0 Å². The number of hydrogen-bond donors (Lipinski definition) is 0. The van der Waals surface area contributed by atoms with Crippen LogP contribution >= 0.6 is 8.70 Å². The maximum atomic E-state index is 5.89. The van der Waals surface area contributed by atoms with Crippen molar-refractivity contribution in [1.29, 1.82) is 0 Å². The van der Waals surface area contributed by atoms with Crippen molar-refractivity contribution < 1.29 is 0 Å². The zero-order valence-corrected chi connectivity index (χ0v) is 2.79. The molecule has 4 heavy (non-hydrogen) atoms. The van der Waals surface area contributed by atoms with Gasteiger partial charge < -0.3 is 0 Å². The molecule has 0 aromatic heterocycles. The zero-order valence-electron chi connectivity index (χ0n) is 1.89. The van der Waals surface area contributed by atoms with Gasteiger partial charge in [0.1, 0.15) is 0 Å². The predicted molar refractivity (Wildman–Crippen MR) is 17.4 cm³/mol. The van der Waals surface area contributed by atoms with Crippen molar-refractivity contribution in [3.63, 3.8) is 0 Å². The van der Waals surface area contributed by atoms with Gasteiger partial charge in [0.05, 0.1) is 0 Å². The summed E-state index contributed by atoms with van der Waals surface area (Å²) < 4.78 is 0. The van der Waals surface area contributed by atoms with E-state index in [1.165, 1.54) is 0 Å². The van der Waals surface area contributed by atoms with E-state index < -0.39 is 0 Å². The Morgan fingerprint density at radius 3 is 2.25 bits per heavy atom. The van der Waals surface area contributed by atoms with Crippen LogP contribution in [-0.4, -0.2) is 0 Å². The second kappa shape index (κ2) is 2.70. The first-order valence-electron chi connectivity index (χ1n) is 0.671. The molecular formula is C2NP. The van der Waals surface area contributed by atoms with Gasteiger partial charge in [-0.15, -0.1) is 0 Å². The van der Waals surface area contributed by atoms with Crippen LogP contribution in [-0.2, 0) is 0 Å². The summed E-state index contributed by atoms with van der Waals surface area (Å²) in [6.45, 7) is 5.89. The van der Waals surface area contributed by atoms with Crippen molar-refractivity contribution in [3.8, 4) is 5.75 Å². The van der Waals surface area contributed by atoms with E-state index >= 15 is 0 Å². The summed E-state index contributed by atoms with van der Waals surface area (Å²) in [7, 11) is 3.32. The summed E-state index contributed by atoms with van der Waals surface area (Å²) in [6, 6.07) is 0. The molecule has 0 saturated heterocycles. The Kier molecular flexibility index (Phi) is 2.50.